The summed E-state index contributed by atoms with van der Waals surface area (Å²) in [6.45, 7) is 2.06. The van der Waals surface area contributed by atoms with Gasteiger partial charge in [-0.3, -0.25) is 4.79 Å². The van der Waals surface area contributed by atoms with Crippen LogP contribution in [0.3, 0.4) is 0 Å². The van der Waals surface area contributed by atoms with Crippen molar-refractivity contribution in [2.24, 2.45) is 0 Å². The first kappa shape index (κ1) is 14.8. The fraction of sp³-hybridized carbons (Fsp3) is 0.0455. The highest BCUT2D eigenvalue weighted by Gasteiger charge is 2.12. The Morgan fingerprint density at radius 1 is 0.957 bits per heavy atom. The maximum Gasteiger partial charge on any atom is 0.150 e. The van der Waals surface area contributed by atoms with Crippen molar-refractivity contribution in [2.45, 2.75) is 6.92 Å². The minimum absolute atomic E-state index is 0.699. The molecule has 0 heterocycles. The van der Waals surface area contributed by atoms with Crippen LogP contribution in [0, 0.1) is 19.3 Å². The number of terminal acetylenes is 1. The first-order valence-corrected chi connectivity index (χ1v) is 7.46. The molecule has 23 heavy (non-hydrogen) atoms. The lowest BCUT2D eigenvalue weighted by atomic mass is 9.89. The smallest absolute Gasteiger partial charge is 0.150 e. The van der Waals surface area contributed by atoms with E-state index in [0.717, 1.165) is 39.3 Å². The Hall–Kier alpha value is -3.11. The van der Waals surface area contributed by atoms with E-state index in [4.69, 9.17) is 6.42 Å². The molecule has 0 bridgehead atoms. The molecule has 3 aromatic rings. The van der Waals surface area contributed by atoms with Crippen LogP contribution in [-0.2, 0) is 0 Å². The molecule has 0 spiro atoms. The molecule has 0 saturated carbocycles. The van der Waals surface area contributed by atoms with Crippen molar-refractivity contribution in [1.82, 2.24) is 0 Å². The van der Waals surface area contributed by atoms with Crippen molar-refractivity contribution in [2.75, 3.05) is 0 Å². The van der Waals surface area contributed by atoms with E-state index in [2.05, 4.69) is 31.0 Å². The molecule has 0 fully saturated rings. The fourth-order valence-corrected chi connectivity index (χ4v) is 2.93. The zero-order chi connectivity index (χ0) is 16.2. The average molecular weight is 296 g/mol. The normalized spacial score (nSPS) is 10.8. The molecule has 1 nitrogen and oxygen atoms in total. The van der Waals surface area contributed by atoms with Gasteiger partial charge in [-0.05, 0) is 46.5 Å². The predicted molar refractivity (Wildman–Crippen MR) is 97.4 cm³/mol. The Bertz CT molecular complexity index is 955. The van der Waals surface area contributed by atoms with E-state index >= 15 is 0 Å². The van der Waals surface area contributed by atoms with Gasteiger partial charge in [0.25, 0.3) is 0 Å². The highest BCUT2D eigenvalue weighted by atomic mass is 16.1. The number of fused-ring (bicyclic) bond motifs is 1. The first-order valence-electron chi connectivity index (χ1n) is 7.46. The lowest BCUT2D eigenvalue weighted by Gasteiger charge is -2.14. The summed E-state index contributed by atoms with van der Waals surface area (Å²) in [5, 5.41) is 2.20. The second-order valence-corrected chi connectivity index (χ2v) is 5.39. The second kappa shape index (κ2) is 6.34. The molecule has 3 aromatic carbocycles. The third kappa shape index (κ3) is 2.67. The van der Waals surface area contributed by atoms with Crippen LogP contribution in [0.25, 0.3) is 28.0 Å². The summed E-state index contributed by atoms with van der Waals surface area (Å²) >= 11 is 0. The molecule has 0 aliphatic heterocycles. The van der Waals surface area contributed by atoms with Gasteiger partial charge >= 0.3 is 0 Å². The lowest BCUT2D eigenvalue weighted by molar-refractivity contribution is 0.112. The van der Waals surface area contributed by atoms with Crippen LogP contribution < -0.4 is 0 Å². The summed E-state index contributed by atoms with van der Waals surface area (Å²) in [7, 11) is 0. The molecule has 0 unspecified atom stereocenters. The highest BCUT2D eigenvalue weighted by Crippen LogP contribution is 2.34. The van der Waals surface area contributed by atoms with E-state index in [1.54, 1.807) is 6.08 Å². The SMILES string of the molecule is C#C/C=C\c1cccc(-c2c(C=O)ccc3ccccc23)c1C. The van der Waals surface area contributed by atoms with Crippen LogP contribution in [0.4, 0.5) is 0 Å². The molecule has 1 heteroatoms. The third-order valence-electron chi connectivity index (χ3n) is 4.09. The van der Waals surface area contributed by atoms with Crippen LogP contribution >= 0.6 is 0 Å². The van der Waals surface area contributed by atoms with E-state index in [1.807, 2.05) is 42.5 Å². The van der Waals surface area contributed by atoms with Gasteiger partial charge < -0.3 is 0 Å². The van der Waals surface area contributed by atoms with E-state index < -0.39 is 0 Å². The van der Waals surface area contributed by atoms with Crippen molar-refractivity contribution in [3.8, 4) is 23.5 Å². The van der Waals surface area contributed by atoms with Crippen LogP contribution in [0.15, 0.2) is 60.7 Å². The fourth-order valence-electron chi connectivity index (χ4n) is 2.93. The Morgan fingerprint density at radius 2 is 1.78 bits per heavy atom. The molecule has 0 aliphatic carbocycles. The van der Waals surface area contributed by atoms with Gasteiger partial charge in [-0.25, -0.2) is 0 Å². The van der Waals surface area contributed by atoms with Crippen LogP contribution in [0.2, 0.25) is 0 Å². The van der Waals surface area contributed by atoms with Gasteiger partial charge in [-0.2, -0.15) is 0 Å². The molecule has 0 aliphatic rings. The average Bonchev–Trinajstić information content (AvgIpc) is 2.60. The van der Waals surface area contributed by atoms with Gasteiger partial charge in [0.15, 0.2) is 6.29 Å². The minimum atomic E-state index is 0.699. The molecular formula is C22H16O. The van der Waals surface area contributed by atoms with E-state index in [9.17, 15) is 4.79 Å². The third-order valence-corrected chi connectivity index (χ3v) is 4.09. The molecule has 0 radical (unpaired) electrons. The Balaban J connectivity index is 2.35. The zero-order valence-electron chi connectivity index (χ0n) is 12.9. The Kier molecular flexibility index (Phi) is 4.08. The molecule has 0 saturated heterocycles. The quantitative estimate of drug-likeness (QED) is 0.475. The van der Waals surface area contributed by atoms with Crippen molar-refractivity contribution in [3.63, 3.8) is 0 Å². The summed E-state index contributed by atoms with van der Waals surface area (Å²) in [5.74, 6) is 2.52. The number of benzene rings is 3. The number of rotatable bonds is 3. The number of carbonyl (C=O) groups excluding carboxylic acids is 1. The summed E-state index contributed by atoms with van der Waals surface area (Å²) in [5.41, 5.74) is 4.91. The number of allylic oxidation sites excluding steroid dienone is 1. The predicted octanol–water partition coefficient (Wildman–Crippen LogP) is 5.27. The molecule has 3 rings (SSSR count). The number of aldehydes is 1. The van der Waals surface area contributed by atoms with Gasteiger partial charge in [0, 0.05) is 11.1 Å². The van der Waals surface area contributed by atoms with E-state index in [0.29, 0.717) is 5.56 Å². The second-order valence-electron chi connectivity index (χ2n) is 5.39. The van der Waals surface area contributed by atoms with Crippen molar-refractivity contribution in [1.29, 1.82) is 0 Å². The number of hydrogen-bond acceptors (Lipinski definition) is 1. The van der Waals surface area contributed by atoms with E-state index in [1.165, 1.54) is 0 Å². The summed E-state index contributed by atoms with van der Waals surface area (Å²) in [6, 6.07) is 18.1. The molecule has 0 aromatic heterocycles. The minimum Gasteiger partial charge on any atom is -0.298 e. The van der Waals surface area contributed by atoms with E-state index in [-0.39, 0.29) is 0 Å². The van der Waals surface area contributed by atoms with Gasteiger partial charge in [0.05, 0.1) is 0 Å². The number of carbonyl (C=O) groups is 1. The molecule has 0 atom stereocenters. The first-order chi connectivity index (χ1) is 11.3. The summed E-state index contributed by atoms with van der Waals surface area (Å²) < 4.78 is 0. The maximum absolute atomic E-state index is 11.6. The number of hydrogen-bond donors (Lipinski definition) is 0. The van der Waals surface area contributed by atoms with Crippen LogP contribution in [0.1, 0.15) is 21.5 Å². The monoisotopic (exact) mass is 296 g/mol. The Labute approximate surface area is 136 Å². The van der Waals surface area contributed by atoms with Crippen molar-refractivity contribution in [3.05, 3.63) is 77.4 Å². The molecule has 0 N–H and O–H groups in total. The zero-order valence-corrected chi connectivity index (χ0v) is 12.9. The van der Waals surface area contributed by atoms with Gasteiger partial charge in [-0.15, -0.1) is 6.42 Å². The van der Waals surface area contributed by atoms with Crippen LogP contribution in [0.5, 0.6) is 0 Å². The van der Waals surface area contributed by atoms with Gasteiger partial charge in [0.2, 0.25) is 0 Å². The van der Waals surface area contributed by atoms with Gasteiger partial charge in [-0.1, -0.05) is 60.5 Å². The standard InChI is InChI=1S/C22H16O/c1-3-4-8-17-10-7-12-20(16(17)2)22-19(15-23)14-13-18-9-5-6-11-21(18)22/h1,4-15H,2H3/b8-4-. The van der Waals surface area contributed by atoms with Crippen LogP contribution in [-0.4, -0.2) is 6.29 Å². The molecule has 0 amide bonds. The lowest BCUT2D eigenvalue weighted by Crippen LogP contribution is -1.94. The highest BCUT2D eigenvalue weighted by molar-refractivity contribution is 6.05. The molecule has 110 valence electrons. The van der Waals surface area contributed by atoms with Gasteiger partial charge in [0.1, 0.15) is 0 Å². The Morgan fingerprint density at radius 3 is 2.57 bits per heavy atom. The molecular weight excluding hydrogens is 280 g/mol. The summed E-state index contributed by atoms with van der Waals surface area (Å²) in [6.07, 6.45) is 9.85. The van der Waals surface area contributed by atoms with Crippen molar-refractivity contribution < 1.29 is 4.79 Å². The largest absolute Gasteiger partial charge is 0.298 e. The van der Waals surface area contributed by atoms with Crippen molar-refractivity contribution >= 4 is 23.1 Å². The maximum atomic E-state index is 11.6. The summed E-state index contributed by atoms with van der Waals surface area (Å²) in [4.78, 5) is 11.6. The topological polar surface area (TPSA) is 17.1 Å².